The number of ether oxygens (including phenoxy) is 2. The van der Waals surface area contributed by atoms with Gasteiger partial charge in [-0.2, -0.15) is 0 Å². The van der Waals surface area contributed by atoms with Crippen molar-refractivity contribution in [3.63, 3.8) is 0 Å². The second-order valence-electron chi connectivity index (χ2n) is 12.4. The number of phenols is 3. The van der Waals surface area contributed by atoms with E-state index in [0.717, 1.165) is 30.1 Å². The molecule has 0 bridgehead atoms. The number of rotatable bonds is 11. The van der Waals surface area contributed by atoms with Crippen molar-refractivity contribution in [1.82, 2.24) is 0 Å². The van der Waals surface area contributed by atoms with Gasteiger partial charge in [-0.05, 0) is 78.5 Å². The monoisotopic (exact) mass is 666 g/mol. The Labute approximate surface area is 277 Å². The third-order valence-electron chi connectivity index (χ3n) is 8.05. The summed E-state index contributed by atoms with van der Waals surface area (Å²) in [7, 11) is 0. The Balaban J connectivity index is 1.94. The number of phenolic OH excluding ortho intramolecular Hbond substituents is 3. The van der Waals surface area contributed by atoms with Gasteiger partial charge < -0.3 is 49.6 Å². The number of carbonyl (C=O) groups is 1. The fraction of sp³-hybridized carbons (Fsp3) is 0.389. The first-order valence-corrected chi connectivity index (χ1v) is 15.5. The van der Waals surface area contributed by atoms with Crippen LogP contribution in [-0.2, 0) is 22.4 Å². The number of carboxylic acid groups (broad SMARTS) is 1. The fourth-order valence-corrected chi connectivity index (χ4v) is 5.34. The highest BCUT2D eigenvalue weighted by Gasteiger charge is 2.48. The Bertz CT molecular complexity index is 1820. The minimum atomic E-state index is -1.96. The maximum Gasteiger partial charge on any atom is 0.335 e. The van der Waals surface area contributed by atoms with Crippen molar-refractivity contribution < 1.29 is 54.4 Å². The number of aliphatic carboxylic acids is 1. The molecule has 1 aliphatic heterocycles. The number of hydrogen-bond acceptors (Lipinski definition) is 11. The smallest absolute Gasteiger partial charge is 0.335 e. The van der Waals surface area contributed by atoms with Gasteiger partial charge in [0, 0.05) is 17.2 Å². The van der Waals surface area contributed by atoms with Crippen molar-refractivity contribution in [3.8, 4) is 34.3 Å². The molecule has 1 fully saturated rings. The molecule has 7 N–H and O–H groups in total. The van der Waals surface area contributed by atoms with Crippen LogP contribution in [-0.4, -0.2) is 72.4 Å². The van der Waals surface area contributed by atoms with E-state index in [1.807, 2.05) is 40.7 Å². The van der Waals surface area contributed by atoms with Crippen LogP contribution in [0.4, 0.5) is 0 Å². The van der Waals surface area contributed by atoms with E-state index in [1.165, 1.54) is 23.8 Å². The largest absolute Gasteiger partial charge is 0.508 e. The summed E-state index contributed by atoms with van der Waals surface area (Å²) >= 11 is 0. The molecule has 0 radical (unpaired) electrons. The van der Waals surface area contributed by atoms with E-state index in [0.29, 0.717) is 0 Å². The third kappa shape index (κ3) is 7.91. The van der Waals surface area contributed by atoms with Crippen LogP contribution in [0.3, 0.4) is 0 Å². The van der Waals surface area contributed by atoms with Gasteiger partial charge in [0.2, 0.25) is 6.29 Å². The average Bonchev–Trinajstić information content (AvgIpc) is 3.00. The number of fused-ring (bicyclic) bond motifs is 1. The molecular formula is C36H42O12. The molecule has 48 heavy (non-hydrogen) atoms. The molecule has 258 valence electrons. The maximum atomic E-state index is 14.3. The number of carboxylic acids is 1. The minimum absolute atomic E-state index is 0.0253. The molecule has 12 heteroatoms. The molecular weight excluding hydrogens is 624 g/mol. The summed E-state index contributed by atoms with van der Waals surface area (Å²) in [6, 6.07) is 5.04. The summed E-state index contributed by atoms with van der Waals surface area (Å²) < 4.78 is 17.3. The lowest BCUT2D eigenvalue weighted by atomic mass is 9.97. The van der Waals surface area contributed by atoms with Crippen LogP contribution in [0.2, 0.25) is 0 Å². The highest BCUT2D eigenvalue weighted by Crippen LogP contribution is 2.42. The summed E-state index contributed by atoms with van der Waals surface area (Å²) in [6.45, 7) is 9.60. The van der Waals surface area contributed by atoms with Gasteiger partial charge in [-0.3, -0.25) is 4.79 Å². The molecule has 2 aromatic carbocycles. The van der Waals surface area contributed by atoms with E-state index < -0.39 is 47.9 Å². The SMILES string of the molecule is CC(C)=CCC/C(C)=C\Cc1c(-c2ccc(O)cc2O)oc2c(CC=C(C)C)c(O)c(OC3OC(C(=O)O)C(O)C(O)C3O)cc2c1=O. The van der Waals surface area contributed by atoms with Gasteiger partial charge in [0.05, 0.1) is 10.9 Å². The zero-order valence-corrected chi connectivity index (χ0v) is 27.4. The lowest BCUT2D eigenvalue weighted by molar-refractivity contribution is -0.271. The number of aliphatic hydroxyl groups is 3. The van der Waals surface area contributed by atoms with E-state index in [4.69, 9.17) is 13.9 Å². The molecule has 3 aromatic rings. The molecule has 1 aliphatic rings. The van der Waals surface area contributed by atoms with Crippen LogP contribution < -0.4 is 10.2 Å². The molecule has 0 spiro atoms. The molecule has 1 saturated heterocycles. The first-order valence-electron chi connectivity index (χ1n) is 15.5. The fourth-order valence-electron chi connectivity index (χ4n) is 5.34. The Morgan fingerprint density at radius 2 is 1.54 bits per heavy atom. The summed E-state index contributed by atoms with van der Waals surface area (Å²) in [4.78, 5) is 26.0. The van der Waals surface area contributed by atoms with Crippen LogP contribution in [0.5, 0.6) is 23.0 Å². The lowest BCUT2D eigenvalue weighted by Crippen LogP contribution is -2.61. The van der Waals surface area contributed by atoms with Crippen molar-refractivity contribution >= 4 is 16.9 Å². The highest BCUT2D eigenvalue weighted by atomic mass is 16.7. The number of aliphatic hydroxyl groups excluding tert-OH is 3. The molecule has 0 aliphatic carbocycles. The summed E-state index contributed by atoms with van der Waals surface area (Å²) in [5, 5.41) is 72.5. The number of hydrogen-bond donors (Lipinski definition) is 7. The van der Waals surface area contributed by atoms with Crippen molar-refractivity contribution in [2.75, 3.05) is 0 Å². The molecule has 4 rings (SSSR count). The maximum absolute atomic E-state index is 14.3. The van der Waals surface area contributed by atoms with Crippen LogP contribution in [0.1, 0.15) is 58.6 Å². The zero-order chi connectivity index (χ0) is 35.4. The van der Waals surface area contributed by atoms with Gasteiger partial charge in [0.25, 0.3) is 0 Å². The van der Waals surface area contributed by atoms with Gasteiger partial charge in [-0.1, -0.05) is 34.9 Å². The van der Waals surface area contributed by atoms with E-state index in [-0.39, 0.29) is 63.5 Å². The molecule has 0 saturated carbocycles. The van der Waals surface area contributed by atoms with Crippen LogP contribution in [0.15, 0.2) is 68.4 Å². The van der Waals surface area contributed by atoms with Gasteiger partial charge in [-0.25, -0.2) is 4.79 Å². The van der Waals surface area contributed by atoms with Crippen molar-refractivity contribution in [2.45, 2.75) is 91.0 Å². The summed E-state index contributed by atoms with van der Waals surface area (Å²) in [5.74, 6) is -3.02. The average molecular weight is 667 g/mol. The normalized spacial score (nSPS) is 21.2. The van der Waals surface area contributed by atoms with E-state index in [9.17, 15) is 45.3 Å². The quantitative estimate of drug-likeness (QED) is 0.140. The summed E-state index contributed by atoms with van der Waals surface area (Å²) in [6.07, 6.45) is -2.21. The highest BCUT2D eigenvalue weighted by molar-refractivity contribution is 5.88. The first-order chi connectivity index (χ1) is 22.6. The molecule has 0 amide bonds. The molecule has 5 unspecified atom stereocenters. The standard InChI is InChI=1S/C36H42O12/c1-17(2)7-6-8-19(5)10-13-22-27(39)24-16-26(46-36-31(43)29(41)30(42)34(48-36)35(44)45)28(40)23(12-9-18(3)4)33(24)47-32(22)21-14-11-20(37)15-25(21)38/h7,9-11,14-16,29-31,34,36-38,40-43H,6,8,12-13H2,1-5H3,(H,44,45)/b19-10-. The predicted octanol–water partition coefficient (Wildman–Crippen LogP) is 4.59. The Morgan fingerprint density at radius 1 is 0.875 bits per heavy atom. The predicted molar refractivity (Wildman–Crippen MR) is 177 cm³/mol. The van der Waals surface area contributed by atoms with Crippen LogP contribution in [0, 0.1) is 0 Å². The Kier molecular flexibility index (Phi) is 11.4. The first kappa shape index (κ1) is 36.2. The van der Waals surface area contributed by atoms with Crippen molar-refractivity contribution in [1.29, 1.82) is 0 Å². The molecule has 2 heterocycles. The Morgan fingerprint density at radius 3 is 2.17 bits per heavy atom. The van der Waals surface area contributed by atoms with Gasteiger partial charge >= 0.3 is 5.97 Å². The topological polar surface area (TPSA) is 207 Å². The number of aromatic hydroxyl groups is 3. The number of benzene rings is 2. The minimum Gasteiger partial charge on any atom is -0.508 e. The molecule has 1 aromatic heterocycles. The van der Waals surface area contributed by atoms with Gasteiger partial charge in [-0.15, -0.1) is 0 Å². The second-order valence-corrected chi connectivity index (χ2v) is 12.4. The molecule has 12 nitrogen and oxygen atoms in total. The van der Waals surface area contributed by atoms with E-state index in [2.05, 4.69) is 6.08 Å². The lowest BCUT2D eigenvalue weighted by Gasteiger charge is -2.38. The molecule has 5 atom stereocenters. The van der Waals surface area contributed by atoms with Crippen LogP contribution in [0.25, 0.3) is 22.3 Å². The number of allylic oxidation sites excluding steroid dienone is 6. The second kappa shape index (κ2) is 15.1. The van der Waals surface area contributed by atoms with Gasteiger partial charge in [0.15, 0.2) is 23.0 Å². The van der Waals surface area contributed by atoms with Crippen molar-refractivity contribution in [3.05, 3.63) is 80.6 Å². The third-order valence-corrected chi connectivity index (χ3v) is 8.05. The van der Waals surface area contributed by atoms with Crippen molar-refractivity contribution in [2.24, 2.45) is 0 Å². The zero-order valence-electron chi connectivity index (χ0n) is 27.4. The van der Waals surface area contributed by atoms with Crippen LogP contribution >= 0.6 is 0 Å². The van der Waals surface area contributed by atoms with E-state index in [1.54, 1.807) is 6.08 Å². The Hall–Kier alpha value is -4.62. The van der Waals surface area contributed by atoms with E-state index >= 15 is 0 Å². The van der Waals surface area contributed by atoms with Gasteiger partial charge in [0.1, 0.15) is 41.2 Å². The summed E-state index contributed by atoms with van der Waals surface area (Å²) in [5.41, 5.74) is 2.89.